The molecule has 0 radical (unpaired) electrons. The highest BCUT2D eigenvalue weighted by molar-refractivity contribution is 5.94. The Kier molecular flexibility index (Phi) is 10.0. The number of carbonyl (C=O) groups is 2. The number of fused-ring (bicyclic) bond motifs is 1. The zero-order valence-corrected chi connectivity index (χ0v) is 22.2. The molecular formula is C32H34FN3O3. The molecule has 1 N–H and O–H groups in total. The molecule has 0 fully saturated rings. The molecule has 0 saturated heterocycles. The summed E-state index contributed by atoms with van der Waals surface area (Å²) >= 11 is 0. The van der Waals surface area contributed by atoms with Crippen molar-refractivity contribution < 1.29 is 18.7 Å². The van der Waals surface area contributed by atoms with Gasteiger partial charge < -0.3 is 19.5 Å². The van der Waals surface area contributed by atoms with Gasteiger partial charge in [-0.05, 0) is 53.8 Å². The molecule has 0 unspecified atom stereocenters. The fourth-order valence-electron chi connectivity index (χ4n) is 4.46. The van der Waals surface area contributed by atoms with E-state index in [1.165, 1.54) is 18.2 Å². The van der Waals surface area contributed by atoms with Crippen molar-refractivity contribution in [2.75, 3.05) is 33.4 Å². The second-order valence-corrected chi connectivity index (χ2v) is 9.40. The van der Waals surface area contributed by atoms with Crippen molar-refractivity contribution >= 4 is 28.8 Å². The van der Waals surface area contributed by atoms with E-state index in [2.05, 4.69) is 11.1 Å². The van der Waals surface area contributed by atoms with Crippen LogP contribution in [0.1, 0.15) is 23.1 Å². The number of carbonyl (C=O) groups excluding carboxylic acids is 2. The van der Waals surface area contributed by atoms with Crippen LogP contribution in [-0.2, 0) is 27.3 Å². The van der Waals surface area contributed by atoms with Crippen LogP contribution in [0.3, 0.4) is 0 Å². The lowest BCUT2D eigenvalue weighted by atomic mass is 10.1. The van der Waals surface area contributed by atoms with E-state index < -0.39 is 0 Å². The Morgan fingerprint density at radius 1 is 0.923 bits per heavy atom. The van der Waals surface area contributed by atoms with Crippen LogP contribution in [0.25, 0.3) is 17.0 Å². The third-order valence-electron chi connectivity index (χ3n) is 6.60. The van der Waals surface area contributed by atoms with E-state index in [0.717, 1.165) is 27.6 Å². The number of aromatic amines is 1. The van der Waals surface area contributed by atoms with Gasteiger partial charge in [0, 0.05) is 56.5 Å². The lowest BCUT2D eigenvalue weighted by Gasteiger charge is -2.27. The van der Waals surface area contributed by atoms with Crippen LogP contribution < -0.4 is 0 Å². The van der Waals surface area contributed by atoms with E-state index in [1.807, 2.05) is 54.7 Å². The van der Waals surface area contributed by atoms with Crippen LogP contribution in [0, 0.1) is 5.82 Å². The zero-order valence-electron chi connectivity index (χ0n) is 22.2. The summed E-state index contributed by atoms with van der Waals surface area (Å²) < 4.78 is 18.7. The Morgan fingerprint density at radius 2 is 1.67 bits per heavy atom. The number of ether oxygens (including phenoxy) is 1. The lowest BCUT2D eigenvalue weighted by molar-refractivity contribution is -0.138. The van der Waals surface area contributed by atoms with Crippen molar-refractivity contribution in [3.63, 3.8) is 0 Å². The topological polar surface area (TPSA) is 65.6 Å². The van der Waals surface area contributed by atoms with Crippen LogP contribution in [0.4, 0.5) is 4.39 Å². The standard InChI is InChI=1S/C32H34FN3O3/c1-39-21-7-19-35(31(37)17-14-25-8-3-2-4-9-25)24-32(38)36(23-26-12-15-28(33)16-13-26)20-18-27-22-34-30-11-6-5-10-29(27)30/h2-6,8-17,22,34H,7,18-21,23-24H2,1H3/b17-14+. The minimum absolute atomic E-state index is 0.0588. The van der Waals surface area contributed by atoms with Gasteiger partial charge in [0.1, 0.15) is 12.4 Å². The minimum Gasteiger partial charge on any atom is -0.385 e. The van der Waals surface area contributed by atoms with Gasteiger partial charge in [-0.1, -0.05) is 60.7 Å². The van der Waals surface area contributed by atoms with Crippen molar-refractivity contribution in [2.45, 2.75) is 19.4 Å². The Bertz CT molecular complexity index is 1380. The van der Waals surface area contributed by atoms with Gasteiger partial charge in [-0.2, -0.15) is 0 Å². The number of H-pyrrole nitrogens is 1. The number of methoxy groups -OCH3 is 1. The maximum absolute atomic E-state index is 13.7. The molecule has 6 nitrogen and oxygen atoms in total. The Morgan fingerprint density at radius 3 is 2.44 bits per heavy atom. The number of nitrogens with zero attached hydrogens (tertiary/aromatic N) is 2. The number of amides is 2. The van der Waals surface area contributed by atoms with Crippen LogP contribution in [0.5, 0.6) is 0 Å². The number of halogens is 1. The van der Waals surface area contributed by atoms with Gasteiger partial charge in [-0.3, -0.25) is 9.59 Å². The van der Waals surface area contributed by atoms with Gasteiger partial charge in [-0.15, -0.1) is 0 Å². The fourth-order valence-corrected chi connectivity index (χ4v) is 4.46. The normalized spacial score (nSPS) is 11.2. The first-order valence-electron chi connectivity index (χ1n) is 13.1. The van der Waals surface area contributed by atoms with E-state index in [9.17, 15) is 14.0 Å². The molecule has 39 heavy (non-hydrogen) atoms. The monoisotopic (exact) mass is 527 g/mol. The molecule has 0 aliphatic rings. The summed E-state index contributed by atoms with van der Waals surface area (Å²) in [5.74, 6) is -0.727. The van der Waals surface area contributed by atoms with Gasteiger partial charge >= 0.3 is 0 Å². The quantitative estimate of drug-likeness (QED) is 0.186. The highest BCUT2D eigenvalue weighted by Gasteiger charge is 2.21. The summed E-state index contributed by atoms with van der Waals surface area (Å²) in [5, 5.41) is 1.12. The van der Waals surface area contributed by atoms with E-state index >= 15 is 0 Å². The third-order valence-corrected chi connectivity index (χ3v) is 6.60. The molecule has 2 amide bonds. The fraction of sp³-hybridized carbons (Fsp3) is 0.250. The van der Waals surface area contributed by atoms with Gasteiger partial charge in [0.05, 0.1) is 0 Å². The van der Waals surface area contributed by atoms with E-state index in [4.69, 9.17) is 4.74 Å². The molecule has 3 aromatic carbocycles. The number of nitrogens with one attached hydrogen (secondary N) is 1. The van der Waals surface area contributed by atoms with Gasteiger partial charge in [0.15, 0.2) is 0 Å². The van der Waals surface area contributed by atoms with Gasteiger partial charge in [-0.25, -0.2) is 4.39 Å². The Balaban J connectivity index is 1.50. The summed E-state index contributed by atoms with van der Waals surface area (Å²) in [6.07, 6.45) is 6.49. The van der Waals surface area contributed by atoms with Crippen LogP contribution >= 0.6 is 0 Å². The second kappa shape index (κ2) is 14.1. The molecule has 4 rings (SSSR count). The predicted molar refractivity (Wildman–Crippen MR) is 152 cm³/mol. The number of para-hydroxylation sites is 1. The molecular weight excluding hydrogens is 493 g/mol. The SMILES string of the molecule is COCCCN(CC(=O)N(CCc1c[nH]c2ccccc12)Cc1ccc(F)cc1)C(=O)/C=C/c1ccccc1. The van der Waals surface area contributed by atoms with E-state index in [1.54, 1.807) is 35.1 Å². The van der Waals surface area contributed by atoms with Crippen LogP contribution in [0.15, 0.2) is 91.1 Å². The first-order chi connectivity index (χ1) is 19.0. The smallest absolute Gasteiger partial charge is 0.247 e. The largest absolute Gasteiger partial charge is 0.385 e. The predicted octanol–water partition coefficient (Wildman–Crippen LogP) is 5.46. The Labute approximate surface area is 228 Å². The molecule has 1 aromatic heterocycles. The maximum atomic E-state index is 13.7. The summed E-state index contributed by atoms with van der Waals surface area (Å²) in [7, 11) is 1.61. The molecule has 4 aromatic rings. The van der Waals surface area contributed by atoms with Crippen LogP contribution in [-0.4, -0.2) is 59.9 Å². The lowest BCUT2D eigenvalue weighted by Crippen LogP contribution is -2.43. The molecule has 0 atom stereocenters. The summed E-state index contributed by atoms with van der Waals surface area (Å²) in [5.41, 5.74) is 3.89. The maximum Gasteiger partial charge on any atom is 0.247 e. The molecule has 1 heterocycles. The number of rotatable bonds is 13. The summed E-state index contributed by atoms with van der Waals surface area (Å²) in [4.78, 5) is 33.4. The van der Waals surface area contributed by atoms with Gasteiger partial charge in [0.25, 0.3) is 0 Å². The van der Waals surface area contributed by atoms with Crippen LogP contribution in [0.2, 0.25) is 0 Å². The molecule has 0 aliphatic carbocycles. The Hall–Kier alpha value is -4.23. The van der Waals surface area contributed by atoms with E-state index in [-0.39, 0.29) is 24.2 Å². The summed E-state index contributed by atoms with van der Waals surface area (Å²) in [6.45, 7) is 1.60. The van der Waals surface area contributed by atoms with Crippen molar-refractivity contribution in [3.8, 4) is 0 Å². The first kappa shape index (κ1) is 27.8. The molecule has 0 saturated carbocycles. The average Bonchev–Trinajstić information content (AvgIpc) is 3.38. The van der Waals surface area contributed by atoms with E-state index in [0.29, 0.717) is 39.1 Å². The van der Waals surface area contributed by atoms with Crippen molar-refractivity contribution in [1.82, 2.24) is 14.8 Å². The third kappa shape index (κ3) is 8.12. The zero-order chi connectivity index (χ0) is 27.5. The number of hydrogen-bond donors (Lipinski definition) is 1. The molecule has 202 valence electrons. The van der Waals surface area contributed by atoms with Crippen molar-refractivity contribution in [3.05, 3.63) is 114 Å². The van der Waals surface area contributed by atoms with Crippen molar-refractivity contribution in [1.29, 1.82) is 0 Å². The minimum atomic E-state index is -0.324. The molecule has 7 heteroatoms. The summed E-state index contributed by atoms with van der Waals surface area (Å²) in [6, 6.07) is 23.8. The number of aromatic nitrogens is 1. The number of benzene rings is 3. The highest BCUT2D eigenvalue weighted by atomic mass is 19.1. The molecule has 0 spiro atoms. The molecule has 0 aliphatic heterocycles. The molecule has 0 bridgehead atoms. The second-order valence-electron chi connectivity index (χ2n) is 9.40. The highest BCUT2D eigenvalue weighted by Crippen LogP contribution is 2.19. The average molecular weight is 528 g/mol. The van der Waals surface area contributed by atoms with Gasteiger partial charge in [0.2, 0.25) is 11.8 Å². The number of hydrogen-bond acceptors (Lipinski definition) is 3. The van der Waals surface area contributed by atoms with Crippen molar-refractivity contribution in [2.24, 2.45) is 0 Å². The first-order valence-corrected chi connectivity index (χ1v) is 13.1.